The highest BCUT2D eigenvalue weighted by atomic mass is 79.9. The molecule has 96 valence electrons. The van der Waals surface area contributed by atoms with Crippen molar-refractivity contribution in [2.45, 2.75) is 25.9 Å². The average Bonchev–Trinajstić information content (AvgIpc) is 2.79. The molecule has 1 atom stereocenters. The van der Waals surface area contributed by atoms with Crippen molar-refractivity contribution in [3.8, 4) is 0 Å². The van der Waals surface area contributed by atoms with E-state index in [4.69, 9.17) is 17.3 Å². The van der Waals surface area contributed by atoms with E-state index >= 15 is 0 Å². The first-order valence-corrected chi connectivity index (χ1v) is 6.99. The maximum atomic E-state index is 6.22. The van der Waals surface area contributed by atoms with Gasteiger partial charge in [-0.25, -0.2) is 4.98 Å². The van der Waals surface area contributed by atoms with E-state index in [0.717, 1.165) is 22.4 Å². The van der Waals surface area contributed by atoms with Crippen molar-refractivity contribution < 1.29 is 0 Å². The molecule has 1 unspecified atom stereocenters. The summed E-state index contributed by atoms with van der Waals surface area (Å²) in [5.74, 6) is 0.987. The van der Waals surface area contributed by atoms with E-state index in [1.165, 1.54) is 0 Å². The van der Waals surface area contributed by atoms with Crippen molar-refractivity contribution in [1.82, 2.24) is 9.55 Å². The first-order valence-electron chi connectivity index (χ1n) is 5.82. The van der Waals surface area contributed by atoms with Crippen LogP contribution in [0.4, 0.5) is 0 Å². The van der Waals surface area contributed by atoms with Crippen molar-refractivity contribution >= 4 is 27.5 Å². The molecule has 0 spiro atoms. The highest BCUT2D eigenvalue weighted by Gasteiger charge is 2.14. The van der Waals surface area contributed by atoms with Crippen molar-refractivity contribution in [1.29, 1.82) is 0 Å². The van der Waals surface area contributed by atoms with Crippen LogP contribution < -0.4 is 5.73 Å². The number of benzene rings is 1. The number of rotatable bonds is 4. The van der Waals surface area contributed by atoms with Gasteiger partial charge < -0.3 is 10.3 Å². The third-order valence-electron chi connectivity index (χ3n) is 2.90. The van der Waals surface area contributed by atoms with E-state index in [0.29, 0.717) is 11.4 Å². The standard InChI is InChI=1S/C13H15BrClN3/c1-2-18-6-5-17-13(18)8-12(16)10-7-9(14)3-4-11(10)15/h3-7,12H,2,8,16H2,1H3. The van der Waals surface area contributed by atoms with Crippen LogP contribution >= 0.6 is 27.5 Å². The Balaban J connectivity index is 2.21. The minimum Gasteiger partial charge on any atom is -0.335 e. The Morgan fingerprint density at radius 3 is 3.00 bits per heavy atom. The van der Waals surface area contributed by atoms with E-state index in [1.54, 1.807) is 6.20 Å². The summed E-state index contributed by atoms with van der Waals surface area (Å²) in [6.45, 7) is 2.98. The number of nitrogens with zero attached hydrogens (tertiary/aromatic N) is 2. The zero-order chi connectivity index (χ0) is 13.1. The van der Waals surface area contributed by atoms with Gasteiger partial charge in [0.25, 0.3) is 0 Å². The summed E-state index contributed by atoms with van der Waals surface area (Å²) in [4.78, 5) is 4.33. The minimum absolute atomic E-state index is 0.150. The molecule has 2 rings (SSSR count). The summed E-state index contributed by atoms with van der Waals surface area (Å²) < 4.78 is 3.07. The molecular weight excluding hydrogens is 314 g/mol. The molecule has 0 aliphatic carbocycles. The molecule has 0 bridgehead atoms. The Hall–Kier alpha value is -0.840. The average molecular weight is 329 g/mol. The second-order valence-electron chi connectivity index (χ2n) is 4.11. The lowest BCUT2D eigenvalue weighted by Gasteiger charge is -2.14. The van der Waals surface area contributed by atoms with Gasteiger partial charge in [-0.3, -0.25) is 0 Å². The fourth-order valence-corrected chi connectivity index (χ4v) is 2.56. The fraction of sp³-hybridized carbons (Fsp3) is 0.308. The van der Waals surface area contributed by atoms with E-state index in [-0.39, 0.29) is 6.04 Å². The minimum atomic E-state index is -0.150. The molecule has 0 saturated carbocycles. The predicted octanol–water partition coefficient (Wildman–Crippen LogP) is 3.56. The van der Waals surface area contributed by atoms with Gasteiger partial charge in [-0.1, -0.05) is 27.5 Å². The van der Waals surface area contributed by atoms with Gasteiger partial charge in [0.15, 0.2) is 0 Å². The van der Waals surface area contributed by atoms with Crippen molar-refractivity contribution in [3.05, 3.63) is 51.5 Å². The van der Waals surface area contributed by atoms with E-state index in [2.05, 4.69) is 32.4 Å². The van der Waals surface area contributed by atoms with Crippen LogP contribution in [0.25, 0.3) is 0 Å². The van der Waals surface area contributed by atoms with Crippen molar-refractivity contribution in [2.75, 3.05) is 0 Å². The van der Waals surface area contributed by atoms with Gasteiger partial charge in [0.05, 0.1) is 0 Å². The number of aromatic nitrogens is 2. The molecule has 0 radical (unpaired) electrons. The maximum absolute atomic E-state index is 6.22. The highest BCUT2D eigenvalue weighted by molar-refractivity contribution is 9.10. The normalized spacial score (nSPS) is 12.7. The third kappa shape index (κ3) is 2.94. The zero-order valence-electron chi connectivity index (χ0n) is 10.1. The van der Waals surface area contributed by atoms with Crippen LogP contribution in [-0.2, 0) is 13.0 Å². The molecule has 2 aromatic rings. The molecule has 18 heavy (non-hydrogen) atoms. The molecule has 0 aliphatic heterocycles. The largest absolute Gasteiger partial charge is 0.335 e. The molecule has 0 fully saturated rings. The van der Waals surface area contributed by atoms with Gasteiger partial charge in [0.1, 0.15) is 5.82 Å². The summed E-state index contributed by atoms with van der Waals surface area (Å²) in [7, 11) is 0. The molecule has 3 nitrogen and oxygen atoms in total. The molecule has 2 N–H and O–H groups in total. The lowest BCUT2D eigenvalue weighted by atomic mass is 10.0. The first kappa shape index (κ1) is 13.6. The Morgan fingerprint density at radius 1 is 1.50 bits per heavy atom. The third-order valence-corrected chi connectivity index (χ3v) is 3.74. The molecule has 5 heteroatoms. The Bertz CT molecular complexity index is 539. The van der Waals surface area contributed by atoms with Gasteiger partial charge in [0.2, 0.25) is 0 Å². The van der Waals surface area contributed by atoms with Crippen LogP contribution in [0.5, 0.6) is 0 Å². The molecule has 0 saturated heterocycles. The maximum Gasteiger partial charge on any atom is 0.110 e. The second kappa shape index (κ2) is 5.87. The van der Waals surface area contributed by atoms with Crippen LogP contribution in [0.1, 0.15) is 24.4 Å². The number of nitrogens with two attached hydrogens (primary N) is 1. The lowest BCUT2D eigenvalue weighted by Crippen LogP contribution is -2.16. The number of halogens is 2. The number of hydrogen-bond donors (Lipinski definition) is 1. The zero-order valence-corrected chi connectivity index (χ0v) is 12.4. The predicted molar refractivity (Wildman–Crippen MR) is 77.7 cm³/mol. The van der Waals surface area contributed by atoms with E-state index < -0.39 is 0 Å². The summed E-state index contributed by atoms with van der Waals surface area (Å²) in [5, 5.41) is 0.695. The lowest BCUT2D eigenvalue weighted by molar-refractivity contribution is 0.628. The first-order chi connectivity index (χ1) is 8.61. The number of imidazole rings is 1. The van der Waals surface area contributed by atoms with Gasteiger partial charge >= 0.3 is 0 Å². The SMILES string of the molecule is CCn1ccnc1CC(N)c1cc(Br)ccc1Cl. The molecule has 1 aromatic heterocycles. The van der Waals surface area contributed by atoms with Gasteiger partial charge in [-0.2, -0.15) is 0 Å². The Kier molecular flexibility index (Phi) is 4.43. The molecule has 1 aromatic carbocycles. The van der Waals surface area contributed by atoms with Crippen molar-refractivity contribution in [3.63, 3.8) is 0 Å². The molecule has 1 heterocycles. The summed E-state index contributed by atoms with van der Waals surface area (Å²) in [6.07, 6.45) is 4.44. The summed E-state index contributed by atoms with van der Waals surface area (Å²) in [6, 6.07) is 5.58. The number of hydrogen-bond acceptors (Lipinski definition) is 2. The summed E-state index contributed by atoms with van der Waals surface area (Å²) in [5.41, 5.74) is 7.16. The van der Waals surface area contributed by atoms with Crippen LogP contribution in [0.3, 0.4) is 0 Å². The summed E-state index contributed by atoms with van der Waals surface area (Å²) >= 11 is 9.61. The van der Waals surface area contributed by atoms with Gasteiger partial charge in [-0.15, -0.1) is 0 Å². The monoisotopic (exact) mass is 327 g/mol. The number of aryl methyl sites for hydroxylation is 1. The molecular formula is C13H15BrClN3. The topological polar surface area (TPSA) is 43.8 Å². The smallest absolute Gasteiger partial charge is 0.110 e. The van der Waals surface area contributed by atoms with E-state index in [9.17, 15) is 0 Å². The van der Waals surface area contributed by atoms with Gasteiger partial charge in [-0.05, 0) is 30.7 Å². The van der Waals surface area contributed by atoms with Crippen LogP contribution in [0.15, 0.2) is 35.1 Å². The quantitative estimate of drug-likeness (QED) is 0.932. The second-order valence-corrected chi connectivity index (χ2v) is 5.43. The highest BCUT2D eigenvalue weighted by Crippen LogP contribution is 2.27. The fourth-order valence-electron chi connectivity index (χ4n) is 1.92. The Labute approximate surface area is 120 Å². The molecule has 0 amide bonds. The molecule has 0 aliphatic rings. The van der Waals surface area contributed by atoms with E-state index in [1.807, 2.05) is 24.4 Å². The van der Waals surface area contributed by atoms with Crippen LogP contribution in [-0.4, -0.2) is 9.55 Å². The van der Waals surface area contributed by atoms with Crippen molar-refractivity contribution in [2.24, 2.45) is 5.73 Å². The Morgan fingerprint density at radius 2 is 2.28 bits per heavy atom. The van der Waals surface area contributed by atoms with Crippen LogP contribution in [0.2, 0.25) is 5.02 Å². The van der Waals surface area contributed by atoms with Crippen LogP contribution in [0, 0.1) is 0 Å². The van der Waals surface area contributed by atoms with Gasteiger partial charge in [0, 0.05) is 40.9 Å².